The van der Waals surface area contributed by atoms with Crippen LogP contribution in [-0.4, -0.2) is 34.3 Å². The van der Waals surface area contributed by atoms with Gasteiger partial charge < -0.3 is 20.5 Å². The van der Waals surface area contributed by atoms with E-state index < -0.39 is 6.16 Å². The van der Waals surface area contributed by atoms with Crippen molar-refractivity contribution >= 4 is 29.2 Å². The third kappa shape index (κ3) is 176. The maximum atomic E-state index is 8.44. The van der Waals surface area contributed by atoms with E-state index in [4.69, 9.17) is 15.0 Å². The summed E-state index contributed by atoms with van der Waals surface area (Å²) in [6.07, 6.45) is -2.08. The normalized spacial score (nSPS) is 3.43. The van der Waals surface area contributed by atoms with Gasteiger partial charge >= 0.3 is 52.6 Å². The van der Waals surface area contributed by atoms with E-state index in [2.05, 4.69) is 0 Å². The molecule has 6 heteroatoms. The Labute approximate surface area is 78.7 Å². The van der Waals surface area contributed by atoms with Crippen molar-refractivity contribution in [1.29, 1.82) is 0 Å². The molecule has 0 saturated heterocycles. The first-order valence-corrected chi connectivity index (χ1v) is 0.632. The average molecular weight is 124 g/mol. The summed E-state index contributed by atoms with van der Waals surface area (Å²) in [5, 5.41) is 15.3. The molecule has 4 nitrogen and oxygen atoms in total. The molecule has 0 aliphatic heterocycles. The molecular formula is CHMgNaO4. The van der Waals surface area contributed by atoms with Gasteiger partial charge in [-0.05, 0) is 0 Å². The fourth-order valence-corrected chi connectivity index (χ4v) is 0. The minimum Gasteiger partial charge on any atom is -2.00 e. The minimum absolute atomic E-state index is 0. The van der Waals surface area contributed by atoms with Crippen LogP contribution in [0.3, 0.4) is 0 Å². The second-order valence-corrected chi connectivity index (χ2v) is 0.266. The molecule has 0 aromatic carbocycles. The first-order valence-electron chi connectivity index (χ1n) is 0.632. The molecule has 0 unspecified atom stereocenters. The van der Waals surface area contributed by atoms with Crippen LogP contribution in [0.5, 0.6) is 0 Å². The smallest absolute Gasteiger partial charge is 2.00 e. The molecule has 0 amide bonds. The van der Waals surface area contributed by atoms with E-state index in [1.54, 1.807) is 0 Å². The van der Waals surface area contributed by atoms with Crippen LogP contribution in [0.1, 0.15) is 0 Å². The van der Waals surface area contributed by atoms with Crippen LogP contribution in [0.4, 0.5) is 4.79 Å². The van der Waals surface area contributed by atoms with Gasteiger partial charge in [-0.15, -0.1) is 0 Å². The molecule has 0 heterocycles. The minimum atomic E-state index is -2.08. The van der Waals surface area contributed by atoms with E-state index in [1.165, 1.54) is 0 Å². The van der Waals surface area contributed by atoms with Crippen molar-refractivity contribution in [3.05, 3.63) is 0 Å². The van der Waals surface area contributed by atoms with Gasteiger partial charge in [-0.25, -0.2) is 0 Å². The van der Waals surface area contributed by atoms with Crippen molar-refractivity contribution in [2.75, 3.05) is 0 Å². The Morgan fingerprint density at radius 2 is 1.57 bits per heavy atom. The molecule has 0 rings (SSSR count). The van der Waals surface area contributed by atoms with Gasteiger partial charge in [0.1, 0.15) is 0 Å². The van der Waals surface area contributed by atoms with Crippen molar-refractivity contribution in [2.24, 2.45) is 0 Å². The van der Waals surface area contributed by atoms with Crippen LogP contribution in [0.2, 0.25) is 0 Å². The number of hydrogen-bond donors (Lipinski definition) is 1. The Balaban J connectivity index is -0.0000000150. The molecule has 0 aromatic heterocycles. The molecule has 0 spiro atoms. The van der Waals surface area contributed by atoms with E-state index in [9.17, 15) is 0 Å². The Kier molecular flexibility index (Phi) is 55.1. The van der Waals surface area contributed by atoms with Crippen molar-refractivity contribution in [2.45, 2.75) is 0 Å². The maximum Gasteiger partial charge on any atom is 2.00 e. The zero-order valence-electron chi connectivity index (χ0n) is 3.88. The van der Waals surface area contributed by atoms with Gasteiger partial charge in [0.15, 0.2) is 0 Å². The van der Waals surface area contributed by atoms with Crippen molar-refractivity contribution in [3.8, 4) is 0 Å². The molecule has 0 saturated carbocycles. The molecule has 0 bridgehead atoms. The van der Waals surface area contributed by atoms with Crippen LogP contribution in [0.25, 0.3) is 0 Å². The number of rotatable bonds is 0. The SMILES string of the molecule is O=C([O-])O.[Mg+2].[Na+].[O-2]. The first kappa shape index (κ1) is 24.5. The topological polar surface area (TPSA) is 88.9 Å². The monoisotopic (exact) mass is 124 g/mol. The van der Waals surface area contributed by atoms with Crippen molar-refractivity contribution < 1.29 is 50.0 Å². The third-order valence-corrected chi connectivity index (χ3v) is 0. The van der Waals surface area contributed by atoms with E-state index in [0.29, 0.717) is 0 Å². The van der Waals surface area contributed by atoms with E-state index >= 15 is 0 Å². The van der Waals surface area contributed by atoms with E-state index in [-0.39, 0.29) is 58.1 Å². The van der Waals surface area contributed by atoms with Gasteiger partial charge in [-0.2, -0.15) is 0 Å². The second-order valence-electron chi connectivity index (χ2n) is 0.266. The molecular weight excluding hydrogens is 123 g/mol. The molecule has 0 aliphatic carbocycles. The van der Waals surface area contributed by atoms with Gasteiger partial charge in [-0.1, -0.05) is 0 Å². The van der Waals surface area contributed by atoms with Crippen LogP contribution in [-0.2, 0) is 5.48 Å². The number of carboxylic acid groups (broad SMARTS) is 2. The second kappa shape index (κ2) is 15.8. The van der Waals surface area contributed by atoms with Crippen LogP contribution in [0.15, 0.2) is 0 Å². The molecule has 7 heavy (non-hydrogen) atoms. The van der Waals surface area contributed by atoms with Gasteiger partial charge in [0.05, 0.1) is 0 Å². The zero-order valence-corrected chi connectivity index (χ0v) is 7.29. The summed E-state index contributed by atoms with van der Waals surface area (Å²) in [5.41, 5.74) is 0. The summed E-state index contributed by atoms with van der Waals surface area (Å²) in [5.74, 6) is 0. The molecule has 0 fully saturated rings. The summed E-state index contributed by atoms with van der Waals surface area (Å²) >= 11 is 0. The van der Waals surface area contributed by atoms with Gasteiger partial charge in [0.2, 0.25) is 6.16 Å². The van der Waals surface area contributed by atoms with Crippen molar-refractivity contribution in [3.63, 3.8) is 0 Å². The fourth-order valence-electron chi connectivity index (χ4n) is 0. The third-order valence-electron chi connectivity index (χ3n) is 0. The predicted octanol–water partition coefficient (Wildman–Crippen LogP) is -4.61. The Bertz CT molecular complexity index is 34.7. The average Bonchev–Trinajstić information content (AvgIpc) is 0.811. The summed E-state index contributed by atoms with van der Waals surface area (Å²) in [4.78, 5) is 8.44. The summed E-state index contributed by atoms with van der Waals surface area (Å²) in [6.45, 7) is 0. The van der Waals surface area contributed by atoms with Crippen LogP contribution >= 0.6 is 0 Å². The molecule has 0 radical (unpaired) electrons. The molecule has 32 valence electrons. The van der Waals surface area contributed by atoms with E-state index in [0.717, 1.165) is 0 Å². The molecule has 0 aliphatic rings. The standard InChI is InChI=1S/CH2O3.Mg.Na.O/c2-1(3)4;;;/h(H2,2,3,4);;;/q;+2;+1;-2/p-1. The van der Waals surface area contributed by atoms with Crippen LogP contribution < -0.4 is 34.7 Å². The predicted molar refractivity (Wildman–Crippen MR) is 14.5 cm³/mol. The Morgan fingerprint density at radius 3 is 1.57 bits per heavy atom. The molecule has 0 atom stereocenters. The Morgan fingerprint density at radius 1 is 1.57 bits per heavy atom. The first-order chi connectivity index (χ1) is 1.73. The number of carbonyl (C=O) groups is 1. The van der Waals surface area contributed by atoms with Crippen molar-refractivity contribution in [1.82, 2.24) is 0 Å². The van der Waals surface area contributed by atoms with Gasteiger partial charge in [0, 0.05) is 0 Å². The fraction of sp³-hybridized carbons (Fsp3) is 0. The summed E-state index contributed by atoms with van der Waals surface area (Å²) < 4.78 is 0. The van der Waals surface area contributed by atoms with Crippen LogP contribution in [0, 0.1) is 0 Å². The Hall–Kier alpha value is 0.996. The number of hydrogen-bond acceptors (Lipinski definition) is 2. The molecule has 1 N–H and O–H groups in total. The van der Waals surface area contributed by atoms with Gasteiger partial charge in [-0.3, -0.25) is 0 Å². The zero-order chi connectivity index (χ0) is 3.58. The summed E-state index contributed by atoms with van der Waals surface area (Å²) in [6, 6.07) is 0. The van der Waals surface area contributed by atoms with E-state index in [1.807, 2.05) is 0 Å². The largest absolute Gasteiger partial charge is 2.00 e. The quantitative estimate of drug-likeness (QED) is 0.330. The molecule has 0 aromatic rings. The summed E-state index contributed by atoms with van der Waals surface area (Å²) in [7, 11) is 0. The maximum absolute atomic E-state index is 8.44. The van der Waals surface area contributed by atoms with Gasteiger partial charge in [0.25, 0.3) is 0 Å².